The van der Waals surface area contributed by atoms with Crippen molar-refractivity contribution in [2.45, 2.75) is 0 Å². The molecule has 1 aromatic carbocycles. The number of aromatic amines is 2. The van der Waals surface area contributed by atoms with Crippen LogP contribution in [0.5, 0.6) is 5.75 Å². The van der Waals surface area contributed by atoms with Crippen molar-refractivity contribution in [2.75, 3.05) is 0 Å². The zero-order chi connectivity index (χ0) is 12.8. The lowest BCUT2D eigenvalue weighted by Gasteiger charge is -2.04. The Labute approximate surface area is 107 Å². The standard InChI is InChI=1S/C14H10N4O/c19-12-4-2-1-3-8(12)11-7-9-13-10(5-6-15-13)16-14(9)18-17-11/h1-7,17,19H,(H,16,18). The highest BCUT2D eigenvalue weighted by Gasteiger charge is 2.10. The average Bonchev–Trinajstić information content (AvgIpc) is 2.99. The molecular weight excluding hydrogens is 240 g/mol. The van der Waals surface area contributed by atoms with Crippen molar-refractivity contribution < 1.29 is 5.11 Å². The van der Waals surface area contributed by atoms with E-state index in [1.165, 1.54) is 0 Å². The number of benzene rings is 1. The van der Waals surface area contributed by atoms with Gasteiger partial charge in [0.1, 0.15) is 5.75 Å². The van der Waals surface area contributed by atoms with Gasteiger partial charge in [0.25, 0.3) is 0 Å². The van der Waals surface area contributed by atoms with Crippen molar-refractivity contribution in [3.05, 3.63) is 42.6 Å². The molecule has 0 spiro atoms. The Hall–Kier alpha value is -2.82. The van der Waals surface area contributed by atoms with E-state index in [0.29, 0.717) is 0 Å². The molecule has 0 saturated heterocycles. The van der Waals surface area contributed by atoms with Crippen molar-refractivity contribution in [1.82, 2.24) is 20.2 Å². The smallest absolute Gasteiger partial charge is 0.160 e. The van der Waals surface area contributed by atoms with Gasteiger partial charge in [-0.05, 0) is 24.3 Å². The van der Waals surface area contributed by atoms with Crippen LogP contribution in [0.15, 0.2) is 42.6 Å². The monoisotopic (exact) mass is 250 g/mol. The predicted octanol–water partition coefficient (Wildman–Crippen LogP) is 2.81. The van der Waals surface area contributed by atoms with E-state index in [-0.39, 0.29) is 5.75 Å². The van der Waals surface area contributed by atoms with Gasteiger partial charge >= 0.3 is 0 Å². The van der Waals surface area contributed by atoms with Gasteiger partial charge in [0.2, 0.25) is 0 Å². The highest BCUT2D eigenvalue weighted by molar-refractivity contribution is 6.04. The van der Waals surface area contributed by atoms with E-state index < -0.39 is 0 Å². The lowest BCUT2D eigenvalue weighted by Crippen LogP contribution is -1.88. The van der Waals surface area contributed by atoms with Crippen molar-refractivity contribution in [3.63, 3.8) is 0 Å². The molecule has 5 nitrogen and oxygen atoms in total. The second-order valence-corrected chi connectivity index (χ2v) is 4.39. The second-order valence-electron chi connectivity index (χ2n) is 4.39. The Morgan fingerprint density at radius 2 is 2.00 bits per heavy atom. The fourth-order valence-electron chi connectivity index (χ4n) is 2.31. The number of fused-ring (bicyclic) bond motifs is 3. The molecule has 4 aromatic rings. The fraction of sp³-hybridized carbons (Fsp3) is 0. The van der Waals surface area contributed by atoms with Crippen LogP contribution in [-0.4, -0.2) is 25.3 Å². The molecule has 0 aliphatic carbocycles. The number of phenolic OH excluding ortho intramolecular Hbond substituents is 1. The molecule has 5 heteroatoms. The van der Waals surface area contributed by atoms with Crippen molar-refractivity contribution in [1.29, 1.82) is 0 Å². The van der Waals surface area contributed by atoms with E-state index in [1.807, 2.05) is 24.3 Å². The van der Waals surface area contributed by atoms with Crippen molar-refractivity contribution in [3.8, 4) is 17.0 Å². The molecule has 3 aromatic heterocycles. The van der Waals surface area contributed by atoms with Gasteiger partial charge in [-0.2, -0.15) is 5.10 Å². The Kier molecular flexibility index (Phi) is 1.91. The second kappa shape index (κ2) is 3.58. The van der Waals surface area contributed by atoms with Crippen molar-refractivity contribution >= 4 is 22.1 Å². The maximum atomic E-state index is 9.89. The van der Waals surface area contributed by atoms with E-state index in [0.717, 1.165) is 33.3 Å². The summed E-state index contributed by atoms with van der Waals surface area (Å²) in [5.41, 5.74) is 4.10. The van der Waals surface area contributed by atoms with E-state index in [4.69, 9.17) is 0 Å². The number of aromatic nitrogens is 4. The van der Waals surface area contributed by atoms with Gasteiger partial charge in [-0.3, -0.25) is 10.1 Å². The minimum absolute atomic E-state index is 0.224. The SMILES string of the molecule is Oc1ccccc1-c1cc2c(n[nH]1)[nH]c1ccnc12. The number of nitrogens with zero attached hydrogens (tertiary/aromatic N) is 2. The van der Waals surface area contributed by atoms with Gasteiger partial charge < -0.3 is 10.1 Å². The molecule has 0 fully saturated rings. The van der Waals surface area contributed by atoms with Gasteiger partial charge in [-0.1, -0.05) is 12.1 Å². The number of hydrogen-bond donors (Lipinski definition) is 3. The molecule has 0 radical (unpaired) electrons. The third-order valence-corrected chi connectivity index (χ3v) is 3.23. The predicted molar refractivity (Wildman–Crippen MR) is 72.8 cm³/mol. The maximum absolute atomic E-state index is 9.89. The Balaban J connectivity index is 2.03. The molecule has 0 aliphatic heterocycles. The molecule has 4 rings (SSSR count). The first-order chi connectivity index (χ1) is 9.33. The summed E-state index contributed by atoms with van der Waals surface area (Å²) >= 11 is 0. The lowest BCUT2D eigenvalue weighted by molar-refractivity contribution is 0.477. The zero-order valence-electron chi connectivity index (χ0n) is 9.88. The molecule has 0 atom stereocenters. The van der Waals surface area contributed by atoms with Gasteiger partial charge in [0.15, 0.2) is 5.65 Å². The summed E-state index contributed by atoms with van der Waals surface area (Å²) in [4.78, 5) is 7.50. The number of aromatic hydroxyl groups is 1. The Morgan fingerprint density at radius 1 is 1.11 bits per heavy atom. The third kappa shape index (κ3) is 1.41. The van der Waals surface area contributed by atoms with E-state index in [2.05, 4.69) is 20.2 Å². The van der Waals surface area contributed by atoms with Crippen molar-refractivity contribution in [2.24, 2.45) is 0 Å². The van der Waals surface area contributed by atoms with Crippen LogP contribution in [0.2, 0.25) is 0 Å². The molecule has 0 saturated carbocycles. The van der Waals surface area contributed by atoms with Gasteiger partial charge in [-0.15, -0.1) is 0 Å². The first-order valence-electron chi connectivity index (χ1n) is 5.93. The average molecular weight is 250 g/mol. The van der Waals surface area contributed by atoms with Crippen LogP contribution < -0.4 is 0 Å². The van der Waals surface area contributed by atoms with Crippen LogP contribution >= 0.6 is 0 Å². The molecule has 0 unspecified atom stereocenters. The summed E-state index contributed by atoms with van der Waals surface area (Å²) in [6.45, 7) is 0. The van der Waals surface area contributed by atoms with Gasteiger partial charge in [0, 0.05) is 17.1 Å². The Bertz CT molecular complexity index is 891. The number of para-hydroxylation sites is 1. The molecule has 92 valence electrons. The van der Waals surface area contributed by atoms with Crippen LogP contribution in [-0.2, 0) is 0 Å². The van der Waals surface area contributed by atoms with E-state index in [9.17, 15) is 5.11 Å². The van der Waals surface area contributed by atoms with Gasteiger partial charge in [0.05, 0.1) is 16.7 Å². The summed E-state index contributed by atoms with van der Waals surface area (Å²) < 4.78 is 0. The number of hydrogen-bond acceptors (Lipinski definition) is 3. The topological polar surface area (TPSA) is 77.6 Å². The quantitative estimate of drug-likeness (QED) is 0.486. The molecular formula is C14H10N4O. The highest BCUT2D eigenvalue weighted by atomic mass is 16.3. The molecule has 0 aliphatic rings. The number of nitrogens with one attached hydrogen (secondary N) is 2. The number of phenols is 1. The first kappa shape index (κ1) is 10.1. The normalized spacial score (nSPS) is 11.4. The molecule has 3 heterocycles. The maximum Gasteiger partial charge on any atom is 0.160 e. The molecule has 19 heavy (non-hydrogen) atoms. The highest BCUT2D eigenvalue weighted by Crippen LogP contribution is 2.30. The molecule has 0 amide bonds. The summed E-state index contributed by atoms with van der Waals surface area (Å²) in [5.74, 6) is 0.224. The zero-order valence-corrected chi connectivity index (χ0v) is 9.88. The summed E-state index contributed by atoms with van der Waals surface area (Å²) in [7, 11) is 0. The summed E-state index contributed by atoms with van der Waals surface area (Å²) in [5, 5.41) is 18.1. The summed E-state index contributed by atoms with van der Waals surface area (Å²) in [6.07, 6.45) is 1.76. The van der Waals surface area contributed by atoms with Crippen LogP contribution in [0, 0.1) is 0 Å². The van der Waals surface area contributed by atoms with Crippen LogP contribution in [0.4, 0.5) is 0 Å². The van der Waals surface area contributed by atoms with Gasteiger partial charge in [-0.25, -0.2) is 0 Å². The fourth-order valence-corrected chi connectivity index (χ4v) is 2.31. The van der Waals surface area contributed by atoms with Crippen LogP contribution in [0.1, 0.15) is 0 Å². The number of H-pyrrole nitrogens is 2. The largest absolute Gasteiger partial charge is 0.507 e. The van der Waals surface area contributed by atoms with Crippen LogP contribution in [0.3, 0.4) is 0 Å². The minimum atomic E-state index is 0.224. The first-order valence-corrected chi connectivity index (χ1v) is 5.93. The molecule has 0 bridgehead atoms. The van der Waals surface area contributed by atoms with E-state index >= 15 is 0 Å². The lowest BCUT2D eigenvalue weighted by atomic mass is 10.1. The molecule has 3 N–H and O–H groups in total. The number of rotatable bonds is 1. The van der Waals surface area contributed by atoms with E-state index in [1.54, 1.807) is 18.3 Å². The Morgan fingerprint density at radius 3 is 2.89 bits per heavy atom. The summed E-state index contributed by atoms with van der Waals surface area (Å²) in [6, 6.07) is 11.0. The third-order valence-electron chi connectivity index (χ3n) is 3.23. The minimum Gasteiger partial charge on any atom is -0.507 e. The van der Waals surface area contributed by atoms with Crippen LogP contribution in [0.25, 0.3) is 33.3 Å².